The second kappa shape index (κ2) is 3.10. The van der Waals surface area contributed by atoms with Crippen LogP contribution in [0.25, 0.3) is 0 Å². The highest BCUT2D eigenvalue weighted by Gasteiger charge is 2.15. The molecule has 1 aliphatic rings. The average Bonchev–Trinajstić information content (AvgIpc) is 2.15. The van der Waals surface area contributed by atoms with Crippen LogP contribution in [0.2, 0.25) is 0 Å². The largest absolute Gasteiger partial charge is 0.493 e. The smallest absolute Gasteiger partial charge is 0.125 e. The number of ether oxygens (including phenoxy) is 1. The Morgan fingerprint density at radius 3 is 2.92 bits per heavy atom. The van der Waals surface area contributed by atoms with Gasteiger partial charge in [-0.3, -0.25) is 0 Å². The zero-order valence-electron chi connectivity index (χ0n) is 8.18. The summed E-state index contributed by atoms with van der Waals surface area (Å²) in [6.45, 7) is 4.97. The van der Waals surface area contributed by atoms with E-state index in [1.54, 1.807) is 0 Å². The monoisotopic (exact) mass is 172 g/mol. The van der Waals surface area contributed by atoms with E-state index in [2.05, 4.69) is 13.8 Å². The number of rotatable bonds is 0. The Kier molecular flexibility index (Phi) is 2.07. The molecule has 2 radical (unpaired) electrons. The molecule has 1 nitrogen and oxygen atoms in total. The van der Waals surface area contributed by atoms with Gasteiger partial charge < -0.3 is 4.74 Å². The van der Waals surface area contributed by atoms with Crippen molar-refractivity contribution < 1.29 is 4.74 Å². The van der Waals surface area contributed by atoms with Gasteiger partial charge in [0.1, 0.15) is 13.6 Å². The molecule has 0 saturated carbocycles. The molecule has 0 saturated heterocycles. The van der Waals surface area contributed by atoms with E-state index in [0.717, 1.165) is 36.2 Å². The summed E-state index contributed by atoms with van der Waals surface area (Å²) in [6.07, 6.45) is 2.21. The molecule has 0 N–H and O–H groups in total. The van der Waals surface area contributed by atoms with E-state index < -0.39 is 0 Å². The quantitative estimate of drug-likeness (QED) is 0.537. The summed E-state index contributed by atoms with van der Waals surface area (Å²) in [6, 6.07) is 2.00. The van der Waals surface area contributed by atoms with E-state index in [0.29, 0.717) is 0 Å². The molecule has 0 aromatic heterocycles. The number of hydrogen-bond donors (Lipinski definition) is 0. The van der Waals surface area contributed by atoms with Crippen molar-refractivity contribution in [3.05, 3.63) is 22.8 Å². The van der Waals surface area contributed by atoms with Gasteiger partial charge in [0.15, 0.2) is 0 Å². The Morgan fingerprint density at radius 2 is 2.15 bits per heavy atom. The summed E-state index contributed by atoms with van der Waals surface area (Å²) in [5.74, 6) is 1.07. The van der Waals surface area contributed by atoms with Gasteiger partial charge in [0, 0.05) is 0 Å². The van der Waals surface area contributed by atoms with Gasteiger partial charge in [-0.15, -0.1) is 0 Å². The molecule has 0 fully saturated rings. The highest BCUT2D eigenvalue weighted by Crippen LogP contribution is 2.29. The molecular weight excluding hydrogens is 159 g/mol. The first-order chi connectivity index (χ1) is 6.20. The summed E-state index contributed by atoms with van der Waals surface area (Å²) in [4.78, 5) is 0. The van der Waals surface area contributed by atoms with E-state index in [1.807, 2.05) is 6.07 Å². The summed E-state index contributed by atoms with van der Waals surface area (Å²) in [7, 11) is 5.89. The van der Waals surface area contributed by atoms with Crippen molar-refractivity contribution in [1.82, 2.24) is 0 Å². The summed E-state index contributed by atoms with van der Waals surface area (Å²) < 4.78 is 5.63. The van der Waals surface area contributed by atoms with E-state index in [4.69, 9.17) is 12.6 Å². The Labute approximate surface area is 80.5 Å². The molecule has 0 bridgehead atoms. The van der Waals surface area contributed by atoms with Gasteiger partial charge in [0.05, 0.1) is 6.61 Å². The maximum Gasteiger partial charge on any atom is 0.125 e. The van der Waals surface area contributed by atoms with Crippen LogP contribution in [0.4, 0.5) is 0 Å². The van der Waals surface area contributed by atoms with Gasteiger partial charge in [0.25, 0.3) is 0 Å². The van der Waals surface area contributed by atoms with Crippen molar-refractivity contribution in [1.29, 1.82) is 0 Å². The first-order valence-electron chi connectivity index (χ1n) is 4.71. The Morgan fingerprint density at radius 1 is 1.38 bits per heavy atom. The molecule has 2 rings (SSSR count). The Bertz CT molecular complexity index is 344. The normalized spacial score (nSPS) is 14.9. The number of aryl methyl sites for hydroxylation is 1. The van der Waals surface area contributed by atoms with Crippen LogP contribution in [0, 0.1) is 13.8 Å². The van der Waals surface area contributed by atoms with Crippen LogP contribution in [0.1, 0.15) is 23.1 Å². The van der Waals surface area contributed by atoms with Crippen LogP contribution < -0.4 is 10.2 Å². The standard InChI is InChI=1S/C11H13BO/c1-7-6-10(12)8(2)9-4-3-5-13-11(7)9/h6H,3-5H2,1-2H3. The van der Waals surface area contributed by atoms with Crippen molar-refractivity contribution in [2.75, 3.05) is 6.61 Å². The average molecular weight is 172 g/mol. The van der Waals surface area contributed by atoms with Crippen LogP contribution in [0.15, 0.2) is 6.07 Å². The molecule has 2 heteroatoms. The fourth-order valence-electron chi connectivity index (χ4n) is 1.91. The van der Waals surface area contributed by atoms with Gasteiger partial charge in [-0.25, -0.2) is 0 Å². The third-order valence-electron chi connectivity index (χ3n) is 2.71. The van der Waals surface area contributed by atoms with Crippen LogP contribution in [-0.4, -0.2) is 14.5 Å². The maximum atomic E-state index is 5.89. The van der Waals surface area contributed by atoms with Crippen molar-refractivity contribution >= 4 is 13.3 Å². The van der Waals surface area contributed by atoms with Gasteiger partial charge in [-0.05, 0) is 37.8 Å². The van der Waals surface area contributed by atoms with Crippen LogP contribution in [0.3, 0.4) is 0 Å². The lowest BCUT2D eigenvalue weighted by Crippen LogP contribution is -2.18. The summed E-state index contributed by atoms with van der Waals surface area (Å²) >= 11 is 0. The van der Waals surface area contributed by atoms with E-state index in [9.17, 15) is 0 Å². The first-order valence-corrected chi connectivity index (χ1v) is 4.71. The second-order valence-electron chi connectivity index (χ2n) is 3.67. The minimum atomic E-state index is 0.844. The van der Waals surface area contributed by atoms with Gasteiger partial charge in [-0.2, -0.15) is 0 Å². The lowest BCUT2D eigenvalue weighted by Gasteiger charge is -2.22. The topological polar surface area (TPSA) is 9.23 Å². The summed E-state index contributed by atoms with van der Waals surface area (Å²) in [5.41, 5.74) is 4.56. The molecule has 66 valence electrons. The molecule has 0 aliphatic carbocycles. The van der Waals surface area contributed by atoms with E-state index in [1.165, 1.54) is 11.1 Å². The van der Waals surface area contributed by atoms with Crippen LogP contribution >= 0.6 is 0 Å². The van der Waals surface area contributed by atoms with Crippen molar-refractivity contribution in [3.63, 3.8) is 0 Å². The predicted molar refractivity (Wildman–Crippen MR) is 55.1 cm³/mol. The van der Waals surface area contributed by atoms with Crippen LogP contribution in [0.5, 0.6) is 5.75 Å². The molecule has 0 amide bonds. The minimum Gasteiger partial charge on any atom is -0.493 e. The molecule has 0 spiro atoms. The van der Waals surface area contributed by atoms with Crippen molar-refractivity contribution in [2.45, 2.75) is 26.7 Å². The van der Waals surface area contributed by atoms with Crippen molar-refractivity contribution in [3.8, 4) is 5.75 Å². The fraction of sp³-hybridized carbons (Fsp3) is 0.455. The van der Waals surface area contributed by atoms with E-state index in [-0.39, 0.29) is 0 Å². The van der Waals surface area contributed by atoms with Gasteiger partial charge in [0.2, 0.25) is 0 Å². The van der Waals surface area contributed by atoms with Gasteiger partial charge in [-0.1, -0.05) is 17.1 Å². The molecule has 1 aliphatic heterocycles. The lowest BCUT2D eigenvalue weighted by atomic mass is 9.84. The van der Waals surface area contributed by atoms with E-state index >= 15 is 0 Å². The fourth-order valence-corrected chi connectivity index (χ4v) is 1.91. The van der Waals surface area contributed by atoms with Crippen molar-refractivity contribution in [2.24, 2.45) is 0 Å². The molecule has 1 heterocycles. The Balaban J connectivity index is 2.63. The van der Waals surface area contributed by atoms with Gasteiger partial charge >= 0.3 is 0 Å². The maximum absolute atomic E-state index is 5.89. The highest BCUT2D eigenvalue weighted by molar-refractivity contribution is 6.33. The third-order valence-corrected chi connectivity index (χ3v) is 2.71. The third kappa shape index (κ3) is 1.34. The molecule has 0 atom stereocenters. The predicted octanol–water partition coefficient (Wildman–Crippen LogP) is 1.42. The zero-order chi connectivity index (χ0) is 9.42. The lowest BCUT2D eigenvalue weighted by molar-refractivity contribution is 0.286. The molecule has 1 aromatic carbocycles. The minimum absolute atomic E-state index is 0.844. The number of hydrogen-bond acceptors (Lipinski definition) is 1. The first kappa shape index (κ1) is 8.67. The summed E-state index contributed by atoms with van der Waals surface area (Å²) in [5, 5.41) is 0. The zero-order valence-corrected chi connectivity index (χ0v) is 8.18. The number of fused-ring (bicyclic) bond motifs is 1. The van der Waals surface area contributed by atoms with Crippen LogP contribution in [-0.2, 0) is 6.42 Å². The Hall–Kier alpha value is -0.915. The molecular formula is C11H13BO. The SMILES string of the molecule is [B]c1cc(C)c2c(c1C)CCCO2. The molecule has 1 aromatic rings. The second-order valence-corrected chi connectivity index (χ2v) is 3.67. The highest BCUT2D eigenvalue weighted by atomic mass is 16.5. The molecule has 13 heavy (non-hydrogen) atoms. The molecule has 0 unspecified atom stereocenters. The number of benzene rings is 1.